The van der Waals surface area contributed by atoms with Crippen LogP contribution in [0.2, 0.25) is 0 Å². The van der Waals surface area contributed by atoms with Crippen LogP contribution in [0.25, 0.3) is 22.0 Å². The van der Waals surface area contributed by atoms with Crippen molar-refractivity contribution in [3.05, 3.63) is 41.9 Å². The van der Waals surface area contributed by atoms with E-state index in [0.29, 0.717) is 28.5 Å². The van der Waals surface area contributed by atoms with Gasteiger partial charge in [0, 0.05) is 23.2 Å². The molecule has 2 heterocycles. The van der Waals surface area contributed by atoms with E-state index in [9.17, 15) is 8.42 Å². The number of nitrogens with zero attached hydrogens (tertiary/aromatic N) is 2. The second kappa shape index (κ2) is 6.39. The van der Waals surface area contributed by atoms with Gasteiger partial charge in [-0.05, 0) is 74.8 Å². The van der Waals surface area contributed by atoms with Gasteiger partial charge in [0.1, 0.15) is 5.76 Å². The molecular weight excluding hydrogens is 374 g/mol. The molecule has 0 saturated heterocycles. The van der Waals surface area contributed by atoms with Crippen molar-refractivity contribution < 1.29 is 12.9 Å². The van der Waals surface area contributed by atoms with E-state index in [1.807, 2.05) is 26.0 Å². The Balaban J connectivity index is 1.63. The van der Waals surface area contributed by atoms with Gasteiger partial charge in [0.2, 0.25) is 10.0 Å². The first-order chi connectivity index (χ1) is 13.4. The Morgan fingerprint density at radius 2 is 2.04 bits per heavy atom. The van der Waals surface area contributed by atoms with Crippen molar-refractivity contribution in [2.75, 3.05) is 0 Å². The van der Waals surface area contributed by atoms with E-state index < -0.39 is 10.0 Å². The number of hydrogen-bond donors (Lipinski definition) is 1. The first kappa shape index (κ1) is 17.8. The van der Waals surface area contributed by atoms with Crippen molar-refractivity contribution in [2.24, 2.45) is 11.8 Å². The zero-order valence-electron chi connectivity index (χ0n) is 16.0. The van der Waals surface area contributed by atoms with Crippen molar-refractivity contribution in [3.8, 4) is 11.1 Å². The predicted octanol–water partition coefficient (Wildman–Crippen LogP) is 3.97. The number of aromatic nitrogens is 2. The third-order valence-corrected chi connectivity index (χ3v) is 7.87. The molecule has 146 valence electrons. The summed E-state index contributed by atoms with van der Waals surface area (Å²) in [5.41, 5.74) is 2.96. The van der Waals surface area contributed by atoms with E-state index in [0.717, 1.165) is 36.1 Å². The molecule has 2 bridgehead atoms. The van der Waals surface area contributed by atoms with E-state index >= 15 is 0 Å². The summed E-state index contributed by atoms with van der Waals surface area (Å²) >= 11 is 0. The van der Waals surface area contributed by atoms with Gasteiger partial charge >= 0.3 is 0 Å². The second-order valence-electron chi connectivity index (χ2n) is 8.15. The highest BCUT2D eigenvalue weighted by molar-refractivity contribution is 7.89. The second-order valence-corrected chi connectivity index (χ2v) is 9.83. The van der Waals surface area contributed by atoms with Crippen molar-refractivity contribution in [1.82, 2.24) is 14.9 Å². The van der Waals surface area contributed by atoms with Crippen LogP contribution in [-0.2, 0) is 10.0 Å². The lowest BCUT2D eigenvalue weighted by Crippen LogP contribution is -2.38. The molecule has 0 spiro atoms. The summed E-state index contributed by atoms with van der Waals surface area (Å²) in [7, 11) is -3.67. The van der Waals surface area contributed by atoms with Gasteiger partial charge in [-0.25, -0.2) is 13.1 Å². The lowest BCUT2D eigenvalue weighted by Gasteiger charge is -2.23. The maximum absolute atomic E-state index is 13.4. The van der Waals surface area contributed by atoms with Crippen LogP contribution in [0.1, 0.15) is 37.1 Å². The van der Waals surface area contributed by atoms with Gasteiger partial charge in [-0.1, -0.05) is 11.6 Å². The molecule has 0 aliphatic heterocycles. The van der Waals surface area contributed by atoms with Crippen molar-refractivity contribution in [3.63, 3.8) is 0 Å². The summed E-state index contributed by atoms with van der Waals surface area (Å²) in [6.07, 6.45) is 6.13. The molecule has 6 nitrogen and oxygen atoms in total. The molecule has 5 rings (SSSR count). The van der Waals surface area contributed by atoms with E-state index in [4.69, 9.17) is 4.52 Å². The van der Waals surface area contributed by atoms with E-state index in [1.54, 1.807) is 18.3 Å². The lowest BCUT2D eigenvalue weighted by atomic mass is 9.96. The molecule has 2 aliphatic rings. The minimum atomic E-state index is -3.67. The minimum absolute atomic E-state index is 0.0400. The van der Waals surface area contributed by atoms with Crippen LogP contribution in [0.5, 0.6) is 0 Å². The number of sulfonamides is 1. The number of fused-ring (bicyclic) bond motifs is 3. The number of benzene rings is 1. The molecule has 3 aromatic rings. The Morgan fingerprint density at radius 1 is 1.18 bits per heavy atom. The molecule has 0 amide bonds. The molecule has 7 heteroatoms. The largest absolute Gasteiger partial charge is 0.361 e. The Hall–Kier alpha value is -2.25. The lowest BCUT2D eigenvalue weighted by molar-refractivity contribution is 0.390. The van der Waals surface area contributed by atoms with E-state index in [2.05, 4.69) is 14.9 Å². The summed E-state index contributed by atoms with van der Waals surface area (Å²) in [4.78, 5) is 4.69. The van der Waals surface area contributed by atoms with Crippen LogP contribution in [0.4, 0.5) is 0 Å². The van der Waals surface area contributed by atoms with Gasteiger partial charge < -0.3 is 4.52 Å². The first-order valence-corrected chi connectivity index (χ1v) is 11.2. The average Bonchev–Trinajstić information content (AvgIpc) is 3.36. The zero-order valence-corrected chi connectivity index (χ0v) is 16.8. The van der Waals surface area contributed by atoms with Crippen LogP contribution in [0.15, 0.2) is 39.9 Å². The number of pyridine rings is 1. The fraction of sp³-hybridized carbons (Fsp3) is 0.429. The van der Waals surface area contributed by atoms with Crippen LogP contribution in [0.3, 0.4) is 0 Å². The predicted molar refractivity (Wildman–Crippen MR) is 106 cm³/mol. The monoisotopic (exact) mass is 397 g/mol. The average molecular weight is 398 g/mol. The molecule has 0 radical (unpaired) electrons. The molecule has 0 unspecified atom stereocenters. The van der Waals surface area contributed by atoms with E-state index in [1.165, 1.54) is 6.42 Å². The standard InChI is InChI=1S/C21H23N3O3S/c1-12-21(13(2)27-23-12)16-10-19-17(4-3-7-22-19)20(11-16)28(25,26)24-18-9-14-5-6-15(18)8-14/h3-4,7,10-11,14-15,18,24H,5-6,8-9H2,1-2H3/t14-,15-,18-/m0/s1. The van der Waals surface area contributed by atoms with Crippen molar-refractivity contribution in [2.45, 2.75) is 50.5 Å². The van der Waals surface area contributed by atoms with E-state index in [-0.39, 0.29) is 10.9 Å². The topological polar surface area (TPSA) is 85.1 Å². The zero-order chi connectivity index (χ0) is 19.5. The fourth-order valence-corrected chi connectivity index (χ4v) is 6.62. The highest BCUT2D eigenvalue weighted by Crippen LogP contribution is 2.45. The molecule has 1 N–H and O–H groups in total. The van der Waals surface area contributed by atoms with Gasteiger partial charge in [-0.15, -0.1) is 0 Å². The Kier molecular flexibility index (Phi) is 4.07. The highest BCUT2D eigenvalue weighted by atomic mass is 32.2. The van der Waals surface area contributed by atoms with Gasteiger partial charge in [0.05, 0.1) is 16.1 Å². The molecule has 2 aliphatic carbocycles. The number of nitrogens with one attached hydrogen (secondary N) is 1. The third kappa shape index (κ3) is 2.84. The third-order valence-electron chi connectivity index (χ3n) is 6.34. The highest BCUT2D eigenvalue weighted by Gasteiger charge is 2.41. The van der Waals surface area contributed by atoms with Crippen molar-refractivity contribution in [1.29, 1.82) is 0 Å². The quantitative estimate of drug-likeness (QED) is 0.720. The van der Waals surface area contributed by atoms with Gasteiger partial charge in [0.15, 0.2) is 0 Å². The smallest absolute Gasteiger partial charge is 0.241 e. The maximum atomic E-state index is 13.4. The molecular formula is C21H23N3O3S. The van der Waals surface area contributed by atoms with Crippen LogP contribution in [-0.4, -0.2) is 24.6 Å². The number of rotatable bonds is 4. The maximum Gasteiger partial charge on any atom is 0.241 e. The Morgan fingerprint density at radius 3 is 2.71 bits per heavy atom. The van der Waals surface area contributed by atoms with Gasteiger partial charge in [-0.2, -0.15) is 0 Å². The summed E-state index contributed by atoms with van der Waals surface area (Å²) in [5, 5.41) is 4.65. The first-order valence-electron chi connectivity index (χ1n) is 9.77. The Bertz CT molecular complexity index is 1150. The Labute approximate surface area is 164 Å². The minimum Gasteiger partial charge on any atom is -0.361 e. The summed E-state index contributed by atoms with van der Waals surface area (Å²) < 4.78 is 35.1. The number of hydrogen-bond acceptors (Lipinski definition) is 5. The molecule has 2 saturated carbocycles. The molecule has 1 aromatic carbocycles. The summed E-state index contributed by atoms with van der Waals surface area (Å²) in [6, 6.07) is 7.26. The van der Waals surface area contributed by atoms with Crippen LogP contribution >= 0.6 is 0 Å². The normalized spacial score (nSPS) is 24.3. The number of aryl methyl sites for hydroxylation is 2. The molecule has 3 atom stereocenters. The molecule has 2 fully saturated rings. The SMILES string of the molecule is Cc1noc(C)c1-c1cc(S(=O)(=O)N[C@H]2C[C@H]3CC[C@H]2C3)c2cccnc2c1. The molecule has 2 aromatic heterocycles. The van der Waals surface area contributed by atoms with Gasteiger partial charge in [0.25, 0.3) is 0 Å². The van der Waals surface area contributed by atoms with Crippen LogP contribution in [0, 0.1) is 25.7 Å². The van der Waals surface area contributed by atoms with Crippen LogP contribution < -0.4 is 4.72 Å². The van der Waals surface area contributed by atoms with Gasteiger partial charge in [-0.3, -0.25) is 4.98 Å². The summed E-state index contributed by atoms with van der Waals surface area (Å²) in [5.74, 6) is 1.80. The van der Waals surface area contributed by atoms with Crippen molar-refractivity contribution >= 4 is 20.9 Å². The fourth-order valence-electron chi connectivity index (χ4n) is 5.06. The summed E-state index contributed by atoms with van der Waals surface area (Å²) in [6.45, 7) is 3.69. The molecule has 28 heavy (non-hydrogen) atoms.